The minimum absolute atomic E-state index is 0.176. The van der Waals surface area contributed by atoms with Gasteiger partial charge < -0.3 is 11.1 Å². The van der Waals surface area contributed by atoms with Crippen LogP contribution in [0.1, 0.15) is 26.3 Å². The Bertz CT molecular complexity index is 424. The summed E-state index contributed by atoms with van der Waals surface area (Å²) in [5.41, 5.74) is 6.50. The minimum Gasteiger partial charge on any atom is -0.322 e. The molecule has 0 bridgehead atoms. The second-order valence-electron chi connectivity index (χ2n) is 5.32. The van der Waals surface area contributed by atoms with E-state index in [0.717, 1.165) is 5.56 Å². The summed E-state index contributed by atoms with van der Waals surface area (Å²) in [5.74, 6) is -0.827. The number of carbonyl (C=O) groups excluding carboxylic acids is 1. The van der Waals surface area contributed by atoms with Crippen molar-refractivity contribution in [3.05, 3.63) is 29.6 Å². The van der Waals surface area contributed by atoms with Crippen LogP contribution < -0.4 is 11.1 Å². The molecule has 0 aromatic heterocycles. The van der Waals surface area contributed by atoms with Gasteiger partial charge in [0, 0.05) is 0 Å². The van der Waals surface area contributed by atoms with Gasteiger partial charge in [0.15, 0.2) is 0 Å². The molecular formula is C13H19FN2O. The summed E-state index contributed by atoms with van der Waals surface area (Å²) in [7, 11) is 0. The number of anilines is 1. The van der Waals surface area contributed by atoms with E-state index in [9.17, 15) is 9.18 Å². The van der Waals surface area contributed by atoms with E-state index in [1.807, 2.05) is 27.7 Å². The van der Waals surface area contributed by atoms with Crippen molar-refractivity contribution in [2.24, 2.45) is 11.1 Å². The highest BCUT2D eigenvalue weighted by atomic mass is 19.1. The van der Waals surface area contributed by atoms with Crippen molar-refractivity contribution >= 4 is 11.6 Å². The summed E-state index contributed by atoms with van der Waals surface area (Å²) < 4.78 is 13.4. The second kappa shape index (κ2) is 4.84. The molecule has 3 nitrogen and oxygen atoms in total. The summed E-state index contributed by atoms with van der Waals surface area (Å²) in [5, 5.41) is 2.52. The van der Waals surface area contributed by atoms with E-state index in [1.54, 1.807) is 12.1 Å². The van der Waals surface area contributed by atoms with E-state index in [4.69, 9.17) is 5.73 Å². The van der Waals surface area contributed by atoms with Crippen LogP contribution in [-0.4, -0.2) is 11.9 Å². The maximum atomic E-state index is 13.4. The van der Waals surface area contributed by atoms with Crippen molar-refractivity contribution in [3.63, 3.8) is 0 Å². The van der Waals surface area contributed by atoms with Gasteiger partial charge in [0.05, 0.1) is 11.7 Å². The average Bonchev–Trinajstić information content (AvgIpc) is 2.21. The Balaban J connectivity index is 2.85. The highest BCUT2D eigenvalue weighted by Crippen LogP contribution is 2.20. The number of nitrogens with two attached hydrogens (primary N) is 1. The Labute approximate surface area is 101 Å². The van der Waals surface area contributed by atoms with Crippen LogP contribution in [0.15, 0.2) is 18.2 Å². The van der Waals surface area contributed by atoms with E-state index < -0.39 is 11.9 Å². The Hall–Kier alpha value is -1.42. The van der Waals surface area contributed by atoms with Gasteiger partial charge in [-0.1, -0.05) is 26.8 Å². The Morgan fingerprint density at radius 2 is 2.00 bits per heavy atom. The Morgan fingerprint density at radius 3 is 2.53 bits per heavy atom. The van der Waals surface area contributed by atoms with Crippen LogP contribution in [0.25, 0.3) is 0 Å². The molecule has 0 saturated heterocycles. The highest BCUT2D eigenvalue weighted by molar-refractivity contribution is 5.95. The maximum absolute atomic E-state index is 13.4. The predicted octanol–water partition coefficient (Wildman–Crippen LogP) is 2.45. The molecule has 1 rings (SSSR count). The Morgan fingerprint density at radius 1 is 1.41 bits per heavy atom. The molecule has 0 saturated carbocycles. The number of aryl methyl sites for hydroxylation is 1. The highest BCUT2D eigenvalue weighted by Gasteiger charge is 2.27. The number of benzene rings is 1. The first-order valence-corrected chi connectivity index (χ1v) is 5.54. The van der Waals surface area contributed by atoms with Crippen molar-refractivity contribution in [1.29, 1.82) is 0 Å². The van der Waals surface area contributed by atoms with E-state index in [0.29, 0.717) is 0 Å². The largest absolute Gasteiger partial charge is 0.322 e. The summed E-state index contributed by atoms with van der Waals surface area (Å²) in [4.78, 5) is 11.8. The van der Waals surface area contributed by atoms with Crippen molar-refractivity contribution in [2.45, 2.75) is 33.7 Å². The van der Waals surface area contributed by atoms with Gasteiger partial charge in [-0.2, -0.15) is 0 Å². The summed E-state index contributed by atoms with van der Waals surface area (Å²) in [6.07, 6.45) is 0. The van der Waals surface area contributed by atoms with Crippen LogP contribution in [0, 0.1) is 18.2 Å². The fourth-order valence-electron chi connectivity index (χ4n) is 1.34. The first kappa shape index (κ1) is 13.6. The van der Waals surface area contributed by atoms with Gasteiger partial charge in [0.1, 0.15) is 5.82 Å². The molecule has 1 amide bonds. The zero-order valence-electron chi connectivity index (χ0n) is 10.7. The van der Waals surface area contributed by atoms with Gasteiger partial charge in [-0.05, 0) is 30.0 Å². The van der Waals surface area contributed by atoms with E-state index in [1.165, 1.54) is 6.07 Å². The maximum Gasteiger partial charge on any atom is 0.241 e. The number of carbonyl (C=O) groups is 1. The van der Waals surface area contributed by atoms with Crippen molar-refractivity contribution in [2.75, 3.05) is 5.32 Å². The second-order valence-corrected chi connectivity index (χ2v) is 5.32. The molecule has 1 aromatic carbocycles. The first-order chi connectivity index (χ1) is 7.71. The third kappa shape index (κ3) is 3.53. The van der Waals surface area contributed by atoms with Gasteiger partial charge in [0.2, 0.25) is 5.91 Å². The van der Waals surface area contributed by atoms with Gasteiger partial charge in [-0.15, -0.1) is 0 Å². The minimum atomic E-state index is -0.678. The van der Waals surface area contributed by atoms with Gasteiger partial charge >= 0.3 is 0 Å². The number of nitrogens with one attached hydrogen (secondary N) is 1. The Kier molecular flexibility index (Phi) is 3.88. The number of amides is 1. The van der Waals surface area contributed by atoms with Crippen LogP contribution in [0.4, 0.5) is 10.1 Å². The molecule has 0 heterocycles. The molecule has 0 radical (unpaired) electrons. The fourth-order valence-corrected chi connectivity index (χ4v) is 1.34. The van der Waals surface area contributed by atoms with E-state index >= 15 is 0 Å². The molecule has 0 aliphatic carbocycles. The molecule has 94 valence electrons. The van der Waals surface area contributed by atoms with E-state index in [2.05, 4.69) is 5.32 Å². The number of hydrogen-bond acceptors (Lipinski definition) is 2. The van der Waals surface area contributed by atoms with Crippen LogP contribution in [-0.2, 0) is 4.79 Å². The third-order valence-corrected chi connectivity index (χ3v) is 2.60. The smallest absolute Gasteiger partial charge is 0.241 e. The lowest BCUT2D eigenvalue weighted by Crippen LogP contribution is -2.45. The predicted molar refractivity (Wildman–Crippen MR) is 67.2 cm³/mol. The number of halogens is 1. The van der Waals surface area contributed by atoms with Gasteiger partial charge in [-0.3, -0.25) is 4.79 Å². The van der Waals surface area contributed by atoms with Crippen LogP contribution in [0.2, 0.25) is 0 Å². The van der Waals surface area contributed by atoms with Gasteiger partial charge in [0.25, 0.3) is 0 Å². The molecule has 1 aromatic rings. The van der Waals surface area contributed by atoms with Crippen molar-refractivity contribution in [1.82, 2.24) is 0 Å². The molecule has 17 heavy (non-hydrogen) atoms. The van der Waals surface area contributed by atoms with Crippen LogP contribution in [0.5, 0.6) is 0 Å². The quantitative estimate of drug-likeness (QED) is 0.831. The van der Waals surface area contributed by atoms with Crippen molar-refractivity contribution in [3.8, 4) is 0 Å². The lowest BCUT2D eigenvalue weighted by atomic mass is 9.87. The summed E-state index contributed by atoms with van der Waals surface area (Å²) >= 11 is 0. The van der Waals surface area contributed by atoms with Crippen LogP contribution >= 0.6 is 0 Å². The lowest BCUT2D eigenvalue weighted by molar-refractivity contribution is -0.119. The molecule has 0 aliphatic heterocycles. The van der Waals surface area contributed by atoms with Gasteiger partial charge in [-0.25, -0.2) is 4.39 Å². The standard InChI is InChI=1S/C13H19FN2O/c1-8-5-6-9(14)10(7-8)16-12(17)11(15)13(2,3)4/h5-7,11H,15H2,1-4H3,(H,16,17)/t11-/m1/s1. The molecule has 0 unspecified atom stereocenters. The topological polar surface area (TPSA) is 55.1 Å². The zero-order valence-corrected chi connectivity index (χ0v) is 10.7. The molecule has 1 atom stereocenters. The van der Waals surface area contributed by atoms with Crippen molar-refractivity contribution < 1.29 is 9.18 Å². The fraction of sp³-hybridized carbons (Fsp3) is 0.462. The summed E-state index contributed by atoms with van der Waals surface area (Å²) in [6.45, 7) is 7.43. The molecule has 4 heteroatoms. The monoisotopic (exact) mass is 238 g/mol. The molecular weight excluding hydrogens is 219 g/mol. The third-order valence-electron chi connectivity index (χ3n) is 2.60. The molecule has 0 aliphatic rings. The first-order valence-electron chi connectivity index (χ1n) is 5.54. The number of hydrogen-bond donors (Lipinski definition) is 2. The molecule has 0 spiro atoms. The lowest BCUT2D eigenvalue weighted by Gasteiger charge is -2.25. The summed E-state index contributed by atoms with van der Waals surface area (Å²) in [6, 6.07) is 3.88. The molecule has 3 N–H and O–H groups in total. The van der Waals surface area contributed by atoms with E-state index in [-0.39, 0.29) is 17.0 Å². The zero-order chi connectivity index (χ0) is 13.2. The molecule has 0 fully saturated rings. The average molecular weight is 238 g/mol. The van der Waals surface area contributed by atoms with Crippen LogP contribution in [0.3, 0.4) is 0 Å². The normalized spacial score (nSPS) is 13.3. The SMILES string of the molecule is Cc1ccc(F)c(NC(=O)[C@@H](N)C(C)(C)C)c1. The number of rotatable bonds is 2.